The van der Waals surface area contributed by atoms with Gasteiger partial charge < -0.3 is 9.64 Å². The molecule has 0 saturated heterocycles. The van der Waals surface area contributed by atoms with Gasteiger partial charge in [-0.15, -0.1) is 0 Å². The molecule has 2 aliphatic heterocycles. The number of nitrogens with zero attached hydrogens (tertiary/aromatic N) is 3. The molecule has 0 N–H and O–H groups in total. The molecule has 2 aromatic rings. The summed E-state index contributed by atoms with van der Waals surface area (Å²) in [6.07, 6.45) is 0.765. The van der Waals surface area contributed by atoms with Crippen LogP contribution in [0.15, 0.2) is 42.5 Å². The molecule has 0 atom stereocenters. The molecule has 0 unspecified atom stereocenters. The van der Waals surface area contributed by atoms with Crippen molar-refractivity contribution in [3.63, 3.8) is 0 Å². The second kappa shape index (κ2) is 6.14. The van der Waals surface area contributed by atoms with Gasteiger partial charge in [-0.2, -0.15) is 0 Å². The van der Waals surface area contributed by atoms with E-state index in [1.165, 1.54) is 23.1 Å². The van der Waals surface area contributed by atoms with Gasteiger partial charge in [-0.1, -0.05) is 18.2 Å². The lowest BCUT2D eigenvalue weighted by Gasteiger charge is -2.30. The first-order valence-electron chi connectivity index (χ1n) is 8.14. The summed E-state index contributed by atoms with van der Waals surface area (Å²) >= 11 is 0. The van der Waals surface area contributed by atoms with Crippen molar-refractivity contribution in [1.82, 2.24) is 0 Å². The van der Waals surface area contributed by atoms with Crippen LogP contribution in [0.2, 0.25) is 0 Å². The highest BCUT2D eigenvalue weighted by Crippen LogP contribution is 2.35. The van der Waals surface area contributed by atoms with E-state index >= 15 is 0 Å². The third kappa shape index (κ3) is 2.65. The van der Waals surface area contributed by atoms with Crippen LogP contribution in [0, 0.1) is 10.1 Å². The molecule has 2 aliphatic rings. The van der Waals surface area contributed by atoms with E-state index in [1.54, 1.807) is 4.90 Å². The Hall–Kier alpha value is -3.42. The second-order valence-corrected chi connectivity index (χ2v) is 6.10. The normalized spacial score (nSPS) is 15.3. The van der Waals surface area contributed by atoms with Crippen LogP contribution in [0.4, 0.5) is 17.1 Å². The molecule has 8 heteroatoms. The summed E-state index contributed by atoms with van der Waals surface area (Å²) < 4.78 is 5.33. The molecule has 0 saturated carbocycles. The third-order valence-electron chi connectivity index (χ3n) is 4.58. The predicted octanol–water partition coefficient (Wildman–Crippen LogP) is 1.91. The number of rotatable bonds is 3. The standard InChI is InChI=1S/C18H15N3O5/c22-17(19-8-7-12-3-1-2-4-14(12)19)10-20-15-9-13(21(24)25)5-6-16(15)26-11-18(20)23/h1-6,9H,7-8,10-11H2. The number of nitro groups is 1. The third-order valence-corrected chi connectivity index (χ3v) is 4.58. The number of para-hydroxylation sites is 1. The highest BCUT2D eigenvalue weighted by atomic mass is 16.6. The van der Waals surface area contributed by atoms with Crippen LogP contribution in [0.5, 0.6) is 5.75 Å². The Labute approximate surface area is 148 Å². The average molecular weight is 353 g/mol. The zero-order valence-corrected chi connectivity index (χ0v) is 13.8. The zero-order chi connectivity index (χ0) is 18.3. The minimum atomic E-state index is -0.546. The van der Waals surface area contributed by atoms with Crippen LogP contribution in [0.1, 0.15) is 5.56 Å². The van der Waals surface area contributed by atoms with E-state index in [0.717, 1.165) is 17.7 Å². The Morgan fingerprint density at radius 3 is 2.81 bits per heavy atom. The Morgan fingerprint density at radius 1 is 1.19 bits per heavy atom. The van der Waals surface area contributed by atoms with Crippen molar-refractivity contribution in [2.45, 2.75) is 6.42 Å². The lowest BCUT2D eigenvalue weighted by atomic mass is 10.2. The Bertz CT molecular complexity index is 927. The number of amides is 2. The second-order valence-electron chi connectivity index (χ2n) is 6.10. The fourth-order valence-electron chi connectivity index (χ4n) is 3.30. The van der Waals surface area contributed by atoms with Crippen molar-refractivity contribution in [3.8, 4) is 5.75 Å². The van der Waals surface area contributed by atoms with Gasteiger partial charge >= 0.3 is 0 Å². The van der Waals surface area contributed by atoms with Gasteiger partial charge in [-0.25, -0.2) is 0 Å². The first kappa shape index (κ1) is 16.1. The number of anilines is 2. The number of fused-ring (bicyclic) bond motifs is 2. The van der Waals surface area contributed by atoms with Gasteiger partial charge in [0.2, 0.25) is 5.91 Å². The van der Waals surface area contributed by atoms with Crippen molar-refractivity contribution in [3.05, 3.63) is 58.1 Å². The maximum absolute atomic E-state index is 12.8. The van der Waals surface area contributed by atoms with Crippen LogP contribution in [-0.4, -0.2) is 36.4 Å². The molecule has 2 amide bonds. The highest BCUT2D eigenvalue weighted by molar-refractivity contribution is 6.06. The quantitative estimate of drug-likeness (QED) is 0.621. The summed E-state index contributed by atoms with van der Waals surface area (Å²) in [4.78, 5) is 38.5. The van der Waals surface area contributed by atoms with Gasteiger partial charge in [0, 0.05) is 24.4 Å². The van der Waals surface area contributed by atoms with E-state index in [0.29, 0.717) is 12.3 Å². The minimum Gasteiger partial charge on any atom is -0.482 e. The SMILES string of the molecule is O=C(CN1C(=O)COc2ccc([N+](=O)[O-])cc21)N1CCc2ccccc21. The van der Waals surface area contributed by atoms with Gasteiger partial charge in [0.25, 0.3) is 11.6 Å². The number of non-ortho nitro benzene ring substituents is 1. The topological polar surface area (TPSA) is 93.0 Å². The molecule has 0 bridgehead atoms. The number of carbonyl (C=O) groups is 2. The molecular formula is C18H15N3O5. The molecule has 132 valence electrons. The number of hydrogen-bond donors (Lipinski definition) is 0. The maximum Gasteiger partial charge on any atom is 0.271 e. The van der Waals surface area contributed by atoms with E-state index in [9.17, 15) is 19.7 Å². The summed E-state index contributed by atoms with van der Waals surface area (Å²) in [5, 5.41) is 11.0. The summed E-state index contributed by atoms with van der Waals surface area (Å²) in [6, 6.07) is 11.7. The average Bonchev–Trinajstić information content (AvgIpc) is 3.07. The van der Waals surface area contributed by atoms with Crippen molar-refractivity contribution < 1.29 is 19.2 Å². The molecule has 2 aromatic carbocycles. The summed E-state index contributed by atoms with van der Waals surface area (Å²) in [5.74, 6) is -0.286. The molecule has 8 nitrogen and oxygen atoms in total. The molecular weight excluding hydrogens is 338 g/mol. The van der Waals surface area contributed by atoms with E-state index in [4.69, 9.17) is 4.74 Å². The first-order valence-corrected chi connectivity index (χ1v) is 8.14. The van der Waals surface area contributed by atoms with Crippen molar-refractivity contribution in [1.29, 1.82) is 0 Å². The minimum absolute atomic E-state index is 0.161. The highest BCUT2D eigenvalue weighted by Gasteiger charge is 2.32. The van der Waals surface area contributed by atoms with Crippen molar-refractivity contribution in [2.75, 3.05) is 29.5 Å². The summed E-state index contributed by atoms with van der Waals surface area (Å²) in [6.45, 7) is 0.165. The molecule has 4 rings (SSSR count). The fraction of sp³-hybridized carbons (Fsp3) is 0.222. The van der Waals surface area contributed by atoms with Gasteiger partial charge in [-0.05, 0) is 24.1 Å². The fourth-order valence-corrected chi connectivity index (χ4v) is 3.30. The van der Waals surface area contributed by atoms with Crippen LogP contribution in [0.3, 0.4) is 0 Å². The van der Waals surface area contributed by atoms with Gasteiger partial charge in [-0.3, -0.25) is 24.6 Å². The van der Waals surface area contributed by atoms with Gasteiger partial charge in [0.15, 0.2) is 6.61 Å². The van der Waals surface area contributed by atoms with Crippen LogP contribution < -0.4 is 14.5 Å². The van der Waals surface area contributed by atoms with E-state index < -0.39 is 10.8 Å². The molecule has 0 aromatic heterocycles. The van der Waals surface area contributed by atoms with Crippen molar-refractivity contribution in [2.24, 2.45) is 0 Å². The maximum atomic E-state index is 12.8. The summed E-state index contributed by atoms with van der Waals surface area (Å²) in [5.41, 5.74) is 2.02. The molecule has 0 fully saturated rings. The molecule has 0 aliphatic carbocycles. The summed E-state index contributed by atoms with van der Waals surface area (Å²) in [7, 11) is 0. The first-order chi connectivity index (χ1) is 12.5. The Balaban J connectivity index is 1.63. The molecule has 2 heterocycles. The lowest BCUT2D eigenvalue weighted by molar-refractivity contribution is -0.384. The van der Waals surface area contributed by atoms with E-state index in [2.05, 4.69) is 0 Å². The molecule has 26 heavy (non-hydrogen) atoms. The van der Waals surface area contributed by atoms with Crippen LogP contribution in [-0.2, 0) is 16.0 Å². The lowest BCUT2D eigenvalue weighted by Crippen LogP contribution is -2.46. The molecule has 0 radical (unpaired) electrons. The number of carbonyl (C=O) groups excluding carboxylic acids is 2. The number of benzene rings is 2. The zero-order valence-electron chi connectivity index (χ0n) is 13.8. The predicted molar refractivity (Wildman–Crippen MR) is 93.4 cm³/mol. The van der Waals surface area contributed by atoms with Crippen molar-refractivity contribution >= 4 is 28.9 Å². The Kier molecular flexibility index (Phi) is 3.80. The van der Waals surface area contributed by atoms with Crippen LogP contribution in [0.25, 0.3) is 0 Å². The number of ether oxygens (including phenoxy) is 1. The van der Waals surface area contributed by atoms with Gasteiger partial charge in [0.1, 0.15) is 12.3 Å². The monoisotopic (exact) mass is 353 g/mol. The van der Waals surface area contributed by atoms with Gasteiger partial charge in [0.05, 0.1) is 10.6 Å². The van der Waals surface area contributed by atoms with E-state index in [1.807, 2.05) is 24.3 Å². The number of hydrogen-bond acceptors (Lipinski definition) is 5. The Morgan fingerprint density at radius 2 is 2.00 bits per heavy atom. The van der Waals surface area contributed by atoms with Crippen LogP contribution >= 0.6 is 0 Å². The smallest absolute Gasteiger partial charge is 0.271 e. The largest absolute Gasteiger partial charge is 0.482 e. The number of nitro benzene ring substituents is 1. The van der Waals surface area contributed by atoms with E-state index in [-0.39, 0.29) is 30.4 Å². The molecule has 0 spiro atoms.